The van der Waals surface area contributed by atoms with Gasteiger partial charge < -0.3 is 5.11 Å². The maximum Gasteiger partial charge on any atom is 0.336 e. The number of rotatable bonds is 2. The third-order valence-corrected chi connectivity index (χ3v) is 3.36. The highest BCUT2D eigenvalue weighted by Crippen LogP contribution is 2.30. The molecule has 0 aliphatic rings. The Hall–Kier alpha value is -0.480. The van der Waals surface area contributed by atoms with Crippen molar-refractivity contribution in [2.45, 2.75) is 11.8 Å². The van der Waals surface area contributed by atoms with E-state index in [0.29, 0.717) is 5.56 Å². The fraction of sp³-hybridized carbons (Fsp3) is 0.222. The second-order valence-corrected chi connectivity index (χ2v) is 4.30. The number of thioether (sulfide) groups is 1. The molecule has 0 bridgehead atoms. The van der Waals surface area contributed by atoms with Gasteiger partial charge in [0.15, 0.2) is 0 Å². The Morgan fingerprint density at radius 3 is 2.62 bits per heavy atom. The molecule has 0 amide bonds. The number of carboxylic acid groups (broad SMARTS) is 1. The molecule has 0 aliphatic heterocycles. The van der Waals surface area contributed by atoms with Gasteiger partial charge in [-0.3, -0.25) is 0 Å². The van der Waals surface area contributed by atoms with Crippen LogP contribution in [0.3, 0.4) is 0 Å². The van der Waals surface area contributed by atoms with E-state index in [1.165, 1.54) is 11.8 Å². The third-order valence-electron chi connectivity index (χ3n) is 1.62. The molecule has 4 heteroatoms. The van der Waals surface area contributed by atoms with Gasteiger partial charge in [0.05, 0.1) is 5.56 Å². The largest absolute Gasteiger partial charge is 0.478 e. The highest BCUT2D eigenvalue weighted by Gasteiger charge is 2.12. The van der Waals surface area contributed by atoms with Crippen molar-refractivity contribution in [1.82, 2.24) is 0 Å². The first-order valence-electron chi connectivity index (χ1n) is 3.63. The molecular weight excluding hydrogens is 252 g/mol. The summed E-state index contributed by atoms with van der Waals surface area (Å²) in [7, 11) is 0. The molecule has 0 spiro atoms. The SMILES string of the molecule is CSc1c(Br)cc(C)cc1C(=O)O. The Bertz CT molecular complexity index is 350. The van der Waals surface area contributed by atoms with Crippen LogP contribution < -0.4 is 0 Å². The monoisotopic (exact) mass is 260 g/mol. The summed E-state index contributed by atoms with van der Waals surface area (Å²) in [6.45, 7) is 1.88. The molecule has 0 atom stereocenters. The number of halogens is 1. The molecule has 0 unspecified atom stereocenters. The minimum atomic E-state index is -0.881. The molecule has 0 saturated carbocycles. The molecule has 0 heterocycles. The zero-order valence-electron chi connectivity index (χ0n) is 7.30. The van der Waals surface area contributed by atoms with Crippen molar-refractivity contribution < 1.29 is 9.90 Å². The molecule has 0 aliphatic carbocycles. The van der Waals surface area contributed by atoms with E-state index in [0.717, 1.165) is 14.9 Å². The van der Waals surface area contributed by atoms with Crippen LogP contribution in [-0.4, -0.2) is 17.3 Å². The van der Waals surface area contributed by atoms with Crippen molar-refractivity contribution in [3.8, 4) is 0 Å². The van der Waals surface area contributed by atoms with Crippen molar-refractivity contribution in [1.29, 1.82) is 0 Å². The van der Waals surface area contributed by atoms with E-state index in [1.54, 1.807) is 6.07 Å². The van der Waals surface area contributed by atoms with Crippen LogP contribution in [0.4, 0.5) is 0 Å². The van der Waals surface area contributed by atoms with Crippen LogP contribution in [0.25, 0.3) is 0 Å². The number of hydrogen-bond acceptors (Lipinski definition) is 2. The number of hydrogen-bond donors (Lipinski definition) is 1. The maximum atomic E-state index is 10.9. The summed E-state index contributed by atoms with van der Waals surface area (Å²) < 4.78 is 0.845. The number of carboxylic acids is 1. The van der Waals surface area contributed by atoms with Crippen molar-refractivity contribution in [3.05, 3.63) is 27.7 Å². The molecule has 0 aromatic heterocycles. The maximum absolute atomic E-state index is 10.9. The van der Waals surface area contributed by atoms with Crippen molar-refractivity contribution in [2.75, 3.05) is 6.26 Å². The highest BCUT2D eigenvalue weighted by molar-refractivity contribution is 9.10. The van der Waals surface area contributed by atoms with Gasteiger partial charge in [0, 0.05) is 9.37 Å². The zero-order valence-corrected chi connectivity index (χ0v) is 9.70. The van der Waals surface area contributed by atoms with Gasteiger partial charge >= 0.3 is 5.97 Å². The Balaban J connectivity index is 3.38. The summed E-state index contributed by atoms with van der Waals surface area (Å²) in [6, 6.07) is 3.59. The van der Waals surface area contributed by atoms with Gasteiger partial charge in [-0.1, -0.05) is 0 Å². The van der Waals surface area contributed by atoms with Gasteiger partial charge in [-0.2, -0.15) is 0 Å². The molecule has 1 aromatic carbocycles. The van der Waals surface area contributed by atoms with Crippen molar-refractivity contribution in [3.63, 3.8) is 0 Å². The first-order valence-corrected chi connectivity index (χ1v) is 5.65. The molecular formula is C9H9BrO2S. The smallest absolute Gasteiger partial charge is 0.336 e. The summed E-state index contributed by atoms with van der Waals surface area (Å²) in [4.78, 5) is 11.6. The number of aryl methyl sites for hydroxylation is 1. The first kappa shape index (κ1) is 10.6. The van der Waals surface area contributed by atoms with E-state index in [-0.39, 0.29) is 0 Å². The normalized spacial score (nSPS) is 10.1. The van der Waals surface area contributed by atoms with E-state index >= 15 is 0 Å². The number of carbonyl (C=O) groups is 1. The van der Waals surface area contributed by atoms with Gasteiger partial charge in [0.25, 0.3) is 0 Å². The van der Waals surface area contributed by atoms with Crippen LogP contribution in [0.2, 0.25) is 0 Å². The average molecular weight is 261 g/mol. The topological polar surface area (TPSA) is 37.3 Å². The molecule has 0 saturated heterocycles. The second kappa shape index (κ2) is 4.15. The first-order chi connectivity index (χ1) is 6.06. The molecule has 70 valence electrons. The predicted molar refractivity (Wildman–Crippen MR) is 57.6 cm³/mol. The predicted octanol–water partition coefficient (Wildman–Crippen LogP) is 3.18. The lowest BCUT2D eigenvalue weighted by molar-refractivity contribution is 0.0693. The lowest BCUT2D eigenvalue weighted by atomic mass is 10.1. The fourth-order valence-corrected chi connectivity index (χ4v) is 2.78. The van der Waals surface area contributed by atoms with E-state index in [2.05, 4.69) is 15.9 Å². The zero-order chi connectivity index (χ0) is 10.0. The lowest BCUT2D eigenvalue weighted by Gasteiger charge is -2.06. The van der Waals surface area contributed by atoms with E-state index in [4.69, 9.17) is 5.11 Å². The van der Waals surface area contributed by atoms with E-state index in [1.807, 2.05) is 19.2 Å². The highest BCUT2D eigenvalue weighted by atomic mass is 79.9. The molecule has 1 aromatic rings. The Morgan fingerprint density at radius 1 is 1.54 bits per heavy atom. The lowest BCUT2D eigenvalue weighted by Crippen LogP contribution is -2.00. The summed E-state index contributed by atoms with van der Waals surface area (Å²) in [5.41, 5.74) is 1.31. The summed E-state index contributed by atoms with van der Waals surface area (Å²) in [5.74, 6) is -0.881. The molecule has 2 nitrogen and oxygen atoms in total. The molecule has 0 radical (unpaired) electrons. The van der Waals surface area contributed by atoms with Gasteiger partial charge in [-0.15, -0.1) is 11.8 Å². The van der Waals surface area contributed by atoms with Crippen molar-refractivity contribution in [2.24, 2.45) is 0 Å². The van der Waals surface area contributed by atoms with Crippen LogP contribution in [0.5, 0.6) is 0 Å². The quantitative estimate of drug-likeness (QED) is 0.831. The molecule has 13 heavy (non-hydrogen) atoms. The molecule has 0 fully saturated rings. The van der Waals surface area contributed by atoms with Gasteiger partial charge in [0.1, 0.15) is 0 Å². The van der Waals surface area contributed by atoms with Crippen LogP contribution in [0, 0.1) is 6.92 Å². The molecule has 1 rings (SSSR count). The Kier molecular flexibility index (Phi) is 3.39. The van der Waals surface area contributed by atoms with Crippen LogP contribution >= 0.6 is 27.7 Å². The number of benzene rings is 1. The summed E-state index contributed by atoms with van der Waals surface area (Å²) in [5, 5.41) is 8.91. The fourth-order valence-electron chi connectivity index (χ4n) is 1.10. The van der Waals surface area contributed by atoms with Crippen LogP contribution in [0.1, 0.15) is 15.9 Å². The minimum Gasteiger partial charge on any atom is -0.478 e. The Morgan fingerprint density at radius 2 is 2.15 bits per heavy atom. The van der Waals surface area contributed by atoms with Crippen LogP contribution in [0.15, 0.2) is 21.5 Å². The van der Waals surface area contributed by atoms with E-state index < -0.39 is 5.97 Å². The third kappa shape index (κ3) is 2.25. The Labute approximate surface area is 89.5 Å². The standard InChI is InChI=1S/C9H9BrO2S/c1-5-3-6(9(11)12)8(13-2)7(10)4-5/h3-4H,1-2H3,(H,11,12). The van der Waals surface area contributed by atoms with E-state index in [9.17, 15) is 4.79 Å². The van der Waals surface area contributed by atoms with Gasteiger partial charge in [0.2, 0.25) is 0 Å². The summed E-state index contributed by atoms with van der Waals surface area (Å²) in [6.07, 6.45) is 1.86. The van der Waals surface area contributed by atoms with Gasteiger partial charge in [-0.25, -0.2) is 4.79 Å². The average Bonchev–Trinajstić information content (AvgIpc) is 2.02. The number of aromatic carboxylic acids is 1. The minimum absolute atomic E-state index is 0.361. The molecule has 1 N–H and O–H groups in total. The summed E-state index contributed by atoms with van der Waals surface area (Å²) >= 11 is 4.77. The van der Waals surface area contributed by atoms with Gasteiger partial charge in [-0.05, 0) is 46.8 Å². The van der Waals surface area contributed by atoms with Crippen LogP contribution in [-0.2, 0) is 0 Å². The second-order valence-electron chi connectivity index (χ2n) is 2.63. The van der Waals surface area contributed by atoms with Crippen molar-refractivity contribution >= 4 is 33.7 Å².